The van der Waals surface area contributed by atoms with Gasteiger partial charge in [-0.15, -0.1) is 0 Å². The second-order valence-corrected chi connectivity index (χ2v) is 3.80. The Balaban J connectivity index is 2.20. The molecule has 0 aromatic heterocycles. The Hall–Kier alpha value is -1.72. The number of Topliss-reactive ketones (excluding diaryl/α,β-unsaturated/α-hetero) is 1. The molecule has 90 valence electrons. The topological polar surface area (TPSA) is 58.6 Å². The summed E-state index contributed by atoms with van der Waals surface area (Å²) in [5.41, 5.74) is 4.47. The van der Waals surface area contributed by atoms with Crippen molar-refractivity contribution in [2.45, 2.75) is 20.1 Å². The summed E-state index contributed by atoms with van der Waals surface area (Å²) in [6.45, 7) is 4.10. The number of ketones is 1. The van der Waals surface area contributed by atoms with Crippen molar-refractivity contribution in [2.75, 3.05) is 11.6 Å². The van der Waals surface area contributed by atoms with Gasteiger partial charge >= 0.3 is 5.91 Å². The molecular formula is C12H14N2O3. The van der Waals surface area contributed by atoms with E-state index in [0.717, 1.165) is 5.56 Å². The molecule has 0 saturated carbocycles. The predicted molar refractivity (Wildman–Crippen MR) is 62.2 cm³/mol. The molecule has 0 aliphatic carbocycles. The van der Waals surface area contributed by atoms with Crippen LogP contribution >= 0.6 is 0 Å². The lowest BCUT2D eigenvalue weighted by atomic mass is 10.2. The summed E-state index contributed by atoms with van der Waals surface area (Å²) < 4.78 is 5.14. The van der Waals surface area contributed by atoms with Crippen molar-refractivity contribution in [3.05, 3.63) is 29.8 Å². The lowest BCUT2D eigenvalue weighted by Crippen LogP contribution is -2.38. The van der Waals surface area contributed by atoms with E-state index in [4.69, 9.17) is 4.74 Å². The minimum atomic E-state index is -0.867. The molecule has 1 N–H and O–H groups in total. The number of carbonyl (C=O) groups is 2. The standard InChI is InChI=1S/C12H14N2O3/c1-3-17-11-10(15)12(16)14(13-11)9-6-4-8(2)5-7-9/h4-7,11,13H,3H2,1-2H3. The normalized spacial score (nSPS) is 20.1. The summed E-state index contributed by atoms with van der Waals surface area (Å²) in [7, 11) is 0. The van der Waals surface area contributed by atoms with Crippen molar-refractivity contribution in [3.8, 4) is 0 Å². The van der Waals surface area contributed by atoms with E-state index < -0.39 is 17.9 Å². The van der Waals surface area contributed by atoms with Gasteiger partial charge in [-0.1, -0.05) is 17.7 Å². The molecule has 1 heterocycles. The molecule has 1 atom stereocenters. The molecule has 1 fully saturated rings. The van der Waals surface area contributed by atoms with Crippen LogP contribution < -0.4 is 10.4 Å². The molecule has 2 rings (SSSR count). The second kappa shape index (κ2) is 4.65. The van der Waals surface area contributed by atoms with Gasteiger partial charge in [0.15, 0.2) is 6.23 Å². The molecule has 1 saturated heterocycles. The van der Waals surface area contributed by atoms with Crippen LogP contribution in [0.5, 0.6) is 0 Å². The Kier molecular flexibility index (Phi) is 3.21. The van der Waals surface area contributed by atoms with E-state index >= 15 is 0 Å². The molecule has 1 aromatic rings. The van der Waals surface area contributed by atoms with Crippen molar-refractivity contribution in [1.29, 1.82) is 0 Å². The summed E-state index contributed by atoms with van der Waals surface area (Å²) >= 11 is 0. The van der Waals surface area contributed by atoms with E-state index in [2.05, 4.69) is 5.43 Å². The van der Waals surface area contributed by atoms with E-state index in [1.165, 1.54) is 5.01 Å². The number of carbonyl (C=O) groups excluding carboxylic acids is 2. The number of rotatable bonds is 3. The molecule has 1 unspecified atom stereocenters. The van der Waals surface area contributed by atoms with Crippen molar-refractivity contribution in [3.63, 3.8) is 0 Å². The van der Waals surface area contributed by atoms with Gasteiger partial charge in [0.05, 0.1) is 5.69 Å². The average Bonchev–Trinajstić information content (AvgIpc) is 2.59. The summed E-state index contributed by atoms with van der Waals surface area (Å²) in [5.74, 6) is -1.15. The van der Waals surface area contributed by atoms with Crippen LogP contribution in [0, 0.1) is 6.92 Å². The minimum Gasteiger partial charge on any atom is -0.354 e. The number of ether oxygens (including phenoxy) is 1. The fourth-order valence-corrected chi connectivity index (χ4v) is 1.62. The third kappa shape index (κ3) is 2.20. The van der Waals surface area contributed by atoms with Gasteiger partial charge in [-0.05, 0) is 26.0 Å². The number of aryl methyl sites for hydroxylation is 1. The van der Waals surface area contributed by atoms with Crippen LogP contribution in [0.15, 0.2) is 24.3 Å². The van der Waals surface area contributed by atoms with Crippen molar-refractivity contribution in [2.24, 2.45) is 0 Å². The molecule has 1 amide bonds. The Morgan fingerprint density at radius 2 is 1.94 bits per heavy atom. The van der Waals surface area contributed by atoms with E-state index in [-0.39, 0.29) is 0 Å². The van der Waals surface area contributed by atoms with Gasteiger partial charge in [0, 0.05) is 6.61 Å². The van der Waals surface area contributed by atoms with E-state index in [1.807, 2.05) is 19.1 Å². The van der Waals surface area contributed by atoms with Crippen LogP contribution in [0.1, 0.15) is 12.5 Å². The first kappa shape index (κ1) is 11.8. The van der Waals surface area contributed by atoms with Crippen molar-refractivity contribution in [1.82, 2.24) is 5.43 Å². The fourth-order valence-electron chi connectivity index (χ4n) is 1.62. The van der Waals surface area contributed by atoms with Gasteiger partial charge in [-0.3, -0.25) is 9.59 Å². The highest BCUT2D eigenvalue weighted by molar-refractivity contribution is 6.44. The molecule has 0 radical (unpaired) electrons. The fraction of sp³-hybridized carbons (Fsp3) is 0.333. The van der Waals surface area contributed by atoms with Crippen LogP contribution in [0.4, 0.5) is 5.69 Å². The first-order valence-electron chi connectivity index (χ1n) is 5.46. The van der Waals surface area contributed by atoms with Crippen LogP contribution in [0.2, 0.25) is 0 Å². The maximum absolute atomic E-state index is 11.7. The van der Waals surface area contributed by atoms with Gasteiger partial charge in [0.25, 0.3) is 5.78 Å². The molecule has 1 aromatic carbocycles. The zero-order chi connectivity index (χ0) is 12.4. The largest absolute Gasteiger partial charge is 0.354 e. The maximum Gasteiger partial charge on any atom is 0.313 e. The molecular weight excluding hydrogens is 220 g/mol. The first-order valence-corrected chi connectivity index (χ1v) is 5.46. The number of nitrogens with zero attached hydrogens (tertiary/aromatic N) is 1. The first-order chi connectivity index (χ1) is 8.13. The Labute approximate surface area is 99.3 Å². The van der Waals surface area contributed by atoms with Gasteiger partial charge < -0.3 is 4.74 Å². The predicted octanol–water partition coefficient (Wildman–Crippen LogP) is 0.778. The van der Waals surface area contributed by atoms with Gasteiger partial charge in [0.1, 0.15) is 0 Å². The molecule has 17 heavy (non-hydrogen) atoms. The van der Waals surface area contributed by atoms with Gasteiger partial charge in [-0.25, -0.2) is 5.01 Å². The van der Waals surface area contributed by atoms with E-state index in [0.29, 0.717) is 12.3 Å². The third-order valence-electron chi connectivity index (χ3n) is 2.52. The molecule has 0 spiro atoms. The van der Waals surface area contributed by atoms with Crippen molar-refractivity contribution >= 4 is 17.4 Å². The Morgan fingerprint density at radius 3 is 2.53 bits per heavy atom. The van der Waals surface area contributed by atoms with Crippen LogP contribution in [-0.4, -0.2) is 24.5 Å². The summed E-state index contributed by atoms with van der Waals surface area (Å²) in [6.07, 6.45) is -0.867. The number of anilines is 1. The highest BCUT2D eigenvalue weighted by Gasteiger charge is 2.39. The monoisotopic (exact) mass is 234 g/mol. The zero-order valence-corrected chi connectivity index (χ0v) is 9.77. The van der Waals surface area contributed by atoms with Crippen LogP contribution in [0.3, 0.4) is 0 Å². The van der Waals surface area contributed by atoms with Crippen LogP contribution in [0.25, 0.3) is 0 Å². The quantitative estimate of drug-likeness (QED) is 0.785. The van der Waals surface area contributed by atoms with Gasteiger partial charge in [-0.2, -0.15) is 5.43 Å². The van der Waals surface area contributed by atoms with Crippen molar-refractivity contribution < 1.29 is 14.3 Å². The highest BCUT2D eigenvalue weighted by atomic mass is 16.5. The minimum absolute atomic E-state index is 0.373. The average molecular weight is 234 g/mol. The Bertz CT molecular complexity index is 442. The lowest BCUT2D eigenvalue weighted by molar-refractivity contribution is -0.139. The number of benzene rings is 1. The molecule has 1 aliphatic heterocycles. The highest BCUT2D eigenvalue weighted by Crippen LogP contribution is 2.18. The molecule has 0 bridgehead atoms. The number of hydrogen-bond donors (Lipinski definition) is 1. The zero-order valence-electron chi connectivity index (χ0n) is 9.77. The molecule has 5 nitrogen and oxygen atoms in total. The maximum atomic E-state index is 11.7. The smallest absolute Gasteiger partial charge is 0.313 e. The van der Waals surface area contributed by atoms with E-state index in [1.54, 1.807) is 19.1 Å². The molecule has 1 aliphatic rings. The molecule has 5 heteroatoms. The van der Waals surface area contributed by atoms with E-state index in [9.17, 15) is 9.59 Å². The number of amides is 1. The van der Waals surface area contributed by atoms with Crippen LogP contribution in [-0.2, 0) is 14.3 Å². The second-order valence-electron chi connectivity index (χ2n) is 3.80. The summed E-state index contributed by atoms with van der Waals surface area (Å²) in [4.78, 5) is 23.3. The SMILES string of the molecule is CCOC1NN(c2ccc(C)cc2)C(=O)C1=O. The van der Waals surface area contributed by atoms with Gasteiger partial charge in [0.2, 0.25) is 0 Å². The third-order valence-corrected chi connectivity index (χ3v) is 2.52. The summed E-state index contributed by atoms with van der Waals surface area (Å²) in [5, 5.41) is 1.22. The lowest BCUT2D eigenvalue weighted by Gasteiger charge is -2.16. The number of hydrogen-bond acceptors (Lipinski definition) is 4. The number of nitrogens with one attached hydrogen (secondary N) is 1. The number of hydrazine groups is 1. The summed E-state index contributed by atoms with van der Waals surface area (Å²) in [6, 6.07) is 7.31. The Morgan fingerprint density at radius 1 is 1.29 bits per heavy atom.